The van der Waals surface area contributed by atoms with E-state index in [0.717, 1.165) is 35.7 Å². The third kappa shape index (κ3) is 15.4. The summed E-state index contributed by atoms with van der Waals surface area (Å²) < 4.78 is 0. The zero-order valence-corrected chi connectivity index (χ0v) is 24.4. The van der Waals surface area contributed by atoms with Gasteiger partial charge >= 0.3 is 0 Å². The molecule has 0 aromatic heterocycles. The summed E-state index contributed by atoms with van der Waals surface area (Å²) in [7, 11) is 1.96. The van der Waals surface area contributed by atoms with Crippen LogP contribution in [0.15, 0.2) is 109 Å². The second-order valence-electron chi connectivity index (χ2n) is 8.05. The molecule has 3 rings (SSSR count). The molecule has 0 spiro atoms. The number of benzene rings is 3. The minimum Gasteiger partial charge on any atom is -0.344 e. The third-order valence-electron chi connectivity index (χ3n) is 5.00. The standard InChI is InChI=1S/C20H20N2O.C8H10.C4H11N.C2H6/c1-4-8-20(18-9-6-5-7-10-18)22-16(3)21-19-13-11-17(12-14-19)15(2)23;1-2-8-6-4-3-5-7-8;1-3-4-5-2;1-2/h4-14H,1H2,2-3H3,(H,21,22);3-7H,2H2,1H3;5H,3-4H2,1-2H3;1-2H3/b20-8-;;;. The monoisotopic (exact) mass is 513 g/mol. The number of anilines is 1. The Morgan fingerprint density at radius 3 is 1.79 bits per heavy atom. The van der Waals surface area contributed by atoms with Crippen LogP contribution in [0.5, 0.6) is 0 Å². The third-order valence-corrected chi connectivity index (χ3v) is 5.00. The average Bonchev–Trinajstić information content (AvgIpc) is 2.96. The molecule has 0 aliphatic carbocycles. The number of rotatable bonds is 8. The van der Waals surface area contributed by atoms with Gasteiger partial charge in [-0.15, -0.1) is 0 Å². The summed E-state index contributed by atoms with van der Waals surface area (Å²) in [5.41, 5.74) is 4.86. The molecular weight excluding hydrogens is 466 g/mol. The van der Waals surface area contributed by atoms with Gasteiger partial charge in [0.2, 0.25) is 0 Å². The van der Waals surface area contributed by atoms with Crippen LogP contribution < -0.4 is 10.6 Å². The number of nitrogens with one attached hydrogen (secondary N) is 2. The van der Waals surface area contributed by atoms with Gasteiger partial charge in [0, 0.05) is 16.8 Å². The average molecular weight is 514 g/mol. The first-order valence-electron chi connectivity index (χ1n) is 13.4. The first kappa shape index (κ1) is 34.2. The summed E-state index contributed by atoms with van der Waals surface area (Å²) in [5, 5.41) is 6.25. The van der Waals surface area contributed by atoms with Crippen LogP contribution in [0.2, 0.25) is 0 Å². The van der Waals surface area contributed by atoms with Crippen LogP contribution in [0.25, 0.3) is 5.70 Å². The molecule has 0 saturated heterocycles. The van der Waals surface area contributed by atoms with Crippen molar-refractivity contribution in [2.45, 2.75) is 54.4 Å². The number of carbonyl (C=O) groups is 1. The Bertz CT molecular complexity index is 1070. The van der Waals surface area contributed by atoms with Gasteiger partial charge in [-0.3, -0.25) is 4.79 Å². The van der Waals surface area contributed by atoms with Crippen molar-refractivity contribution in [1.82, 2.24) is 5.32 Å². The number of ketones is 1. The zero-order valence-electron chi connectivity index (χ0n) is 24.4. The molecule has 4 heteroatoms. The molecule has 38 heavy (non-hydrogen) atoms. The number of carbonyl (C=O) groups excluding carboxylic acids is 1. The number of aliphatic imine (C=N–C) groups is 1. The largest absolute Gasteiger partial charge is 0.344 e. The van der Waals surface area contributed by atoms with Gasteiger partial charge in [-0.2, -0.15) is 0 Å². The first-order chi connectivity index (χ1) is 18.4. The normalized spacial score (nSPS) is 10.4. The summed E-state index contributed by atoms with van der Waals surface area (Å²) >= 11 is 0. The van der Waals surface area contributed by atoms with E-state index < -0.39 is 0 Å². The van der Waals surface area contributed by atoms with Gasteiger partial charge in [0.15, 0.2) is 5.78 Å². The van der Waals surface area contributed by atoms with E-state index in [0.29, 0.717) is 5.56 Å². The van der Waals surface area contributed by atoms with Crippen molar-refractivity contribution in [3.63, 3.8) is 0 Å². The quantitative estimate of drug-likeness (QED) is 0.137. The molecule has 0 saturated carbocycles. The fourth-order valence-electron chi connectivity index (χ4n) is 3.09. The lowest BCUT2D eigenvalue weighted by Crippen LogP contribution is -2.07. The van der Waals surface area contributed by atoms with E-state index in [1.54, 1.807) is 25.1 Å². The number of hydrogen-bond donors (Lipinski definition) is 2. The van der Waals surface area contributed by atoms with Crippen LogP contribution in [0.1, 0.15) is 69.4 Å². The van der Waals surface area contributed by atoms with E-state index in [4.69, 9.17) is 0 Å². The van der Waals surface area contributed by atoms with Crippen molar-refractivity contribution in [2.75, 3.05) is 18.9 Å². The number of hydrogen-bond acceptors (Lipinski definition) is 3. The highest BCUT2D eigenvalue weighted by Crippen LogP contribution is 2.17. The summed E-state index contributed by atoms with van der Waals surface area (Å²) in [4.78, 5) is 15.9. The van der Waals surface area contributed by atoms with E-state index >= 15 is 0 Å². The van der Waals surface area contributed by atoms with Gasteiger partial charge in [0.1, 0.15) is 5.84 Å². The molecule has 0 heterocycles. The second-order valence-corrected chi connectivity index (χ2v) is 8.05. The lowest BCUT2D eigenvalue weighted by atomic mass is 10.1. The Labute approximate surface area is 231 Å². The molecule has 0 aliphatic rings. The maximum atomic E-state index is 11.3. The number of aryl methyl sites for hydroxylation is 1. The molecular formula is C34H47N3O. The molecule has 4 nitrogen and oxygen atoms in total. The smallest absolute Gasteiger partial charge is 0.159 e. The summed E-state index contributed by atoms with van der Waals surface area (Å²) in [6, 6.07) is 27.7. The Balaban J connectivity index is 0.000000746. The fourth-order valence-corrected chi connectivity index (χ4v) is 3.09. The number of nitrogens with zero attached hydrogens (tertiary/aromatic N) is 1. The Hall–Kier alpha value is -3.76. The van der Waals surface area contributed by atoms with Gasteiger partial charge in [0.25, 0.3) is 0 Å². The molecule has 3 aromatic carbocycles. The lowest BCUT2D eigenvalue weighted by Gasteiger charge is -2.08. The number of Topliss-reactive ketones (excluding diaryl/α,β-unsaturated/α-hetero) is 1. The Morgan fingerprint density at radius 2 is 1.39 bits per heavy atom. The zero-order chi connectivity index (χ0) is 28.6. The molecule has 0 unspecified atom stereocenters. The summed E-state index contributed by atoms with van der Waals surface area (Å²) in [5.74, 6) is 0.819. The van der Waals surface area contributed by atoms with Crippen molar-refractivity contribution in [2.24, 2.45) is 4.99 Å². The molecule has 0 bridgehead atoms. The predicted octanol–water partition coefficient (Wildman–Crippen LogP) is 8.84. The van der Waals surface area contributed by atoms with Crippen LogP contribution in [-0.2, 0) is 6.42 Å². The van der Waals surface area contributed by atoms with E-state index in [9.17, 15) is 4.79 Å². The molecule has 0 aliphatic heterocycles. The highest BCUT2D eigenvalue weighted by Gasteiger charge is 2.02. The first-order valence-corrected chi connectivity index (χ1v) is 13.4. The minimum atomic E-state index is 0.0576. The molecule has 0 atom stereocenters. The number of amidine groups is 1. The van der Waals surface area contributed by atoms with Gasteiger partial charge < -0.3 is 10.6 Å². The van der Waals surface area contributed by atoms with Gasteiger partial charge in [-0.25, -0.2) is 4.99 Å². The van der Waals surface area contributed by atoms with E-state index in [1.807, 2.05) is 82.4 Å². The molecule has 0 amide bonds. The van der Waals surface area contributed by atoms with Crippen LogP contribution in [-0.4, -0.2) is 25.2 Å². The topological polar surface area (TPSA) is 53.5 Å². The van der Waals surface area contributed by atoms with Crippen LogP contribution >= 0.6 is 0 Å². The highest BCUT2D eigenvalue weighted by atomic mass is 16.1. The van der Waals surface area contributed by atoms with E-state index in [2.05, 4.69) is 60.3 Å². The fraction of sp³-hybridized carbons (Fsp3) is 0.294. The Morgan fingerprint density at radius 1 is 0.842 bits per heavy atom. The van der Waals surface area contributed by atoms with Crippen molar-refractivity contribution in [1.29, 1.82) is 0 Å². The summed E-state index contributed by atoms with van der Waals surface area (Å²) in [6.45, 7) is 16.7. The van der Waals surface area contributed by atoms with Crippen LogP contribution in [0.3, 0.4) is 0 Å². The summed E-state index contributed by atoms with van der Waals surface area (Å²) in [6.07, 6.45) is 5.97. The Kier molecular flexibility index (Phi) is 20.2. The minimum absolute atomic E-state index is 0.0576. The van der Waals surface area contributed by atoms with Gasteiger partial charge in [-0.05, 0) is 76.2 Å². The molecule has 2 N–H and O–H groups in total. The van der Waals surface area contributed by atoms with Crippen LogP contribution in [0, 0.1) is 0 Å². The van der Waals surface area contributed by atoms with Crippen molar-refractivity contribution < 1.29 is 4.79 Å². The molecule has 204 valence electrons. The van der Waals surface area contributed by atoms with Crippen LogP contribution in [0.4, 0.5) is 5.69 Å². The number of allylic oxidation sites excluding steroid dienone is 2. The van der Waals surface area contributed by atoms with Gasteiger partial charge in [-0.1, -0.05) is 101 Å². The van der Waals surface area contributed by atoms with Gasteiger partial charge in [0.05, 0.1) is 5.70 Å². The molecule has 0 radical (unpaired) electrons. The van der Waals surface area contributed by atoms with Crippen molar-refractivity contribution in [3.05, 3.63) is 120 Å². The second kappa shape index (κ2) is 22.4. The maximum absolute atomic E-state index is 11.3. The molecule has 0 fully saturated rings. The SMILES string of the molecule is C=C/C=C(\N=C(C)Nc1ccc(C(C)=O)cc1)c1ccccc1.CC.CCCNC.CCc1ccccc1. The van der Waals surface area contributed by atoms with Crippen molar-refractivity contribution in [3.8, 4) is 0 Å². The van der Waals surface area contributed by atoms with E-state index in [1.165, 1.54) is 12.0 Å². The highest BCUT2D eigenvalue weighted by molar-refractivity contribution is 5.98. The predicted molar refractivity (Wildman–Crippen MR) is 169 cm³/mol. The molecule has 3 aromatic rings. The van der Waals surface area contributed by atoms with E-state index in [-0.39, 0.29) is 5.78 Å². The maximum Gasteiger partial charge on any atom is 0.159 e. The lowest BCUT2D eigenvalue weighted by molar-refractivity contribution is 0.101. The van der Waals surface area contributed by atoms with Crippen molar-refractivity contribution >= 4 is 23.0 Å².